The molecule has 0 bridgehead atoms. The molecule has 26 heavy (non-hydrogen) atoms. The summed E-state index contributed by atoms with van der Waals surface area (Å²) in [6.45, 7) is 1.54. The number of H-pyrrole nitrogens is 1. The first-order valence-electron chi connectivity index (χ1n) is 7.76. The van der Waals surface area contributed by atoms with E-state index in [0.29, 0.717) is 17.1 Å². The van der Waals surface area contributed by atoms with Gasteiger partial charge in [0.05, 0.1) is 5.69 Å². The number of carbonyl (C=O) groups is 1. The quantitative estimate of drug-likeness (QED) is 0.643. The van der Waals surface area contributed by atoms with Gasteiger partial charge in [-0.25, -0.2) is 22.2 Å². The number of nitrogens with zero attached hydrogens (tertiary/aromatic N) is 1. The summed E-state index contributed by atoms with van der Waals surface area (Å²) in [5.74, 6) is -2.48. The van der Waals surface area contributed by atoms with Crippen molar-refractivity contribution >= 4 is 32.5 Å². The summed E-state index contributed by atoms with van der Waals surface area (Å²) >= 11 is 0. The molecule has 1 unspecified atom stereocenters. The Morgan fingerprint density at radius 1 is 1.27 bits per heavy atom. The fourth-order valence-electron chi connectivity index (χ4n) is 2.73. The molecule has 0 spiro atoms. The van der Waals surface area contributed by atoms with Crippen molar-refractivity contribution in [2.45, 2.75) is 18.6 Å². The fraction of sp³-hybridized carbons (Fsp3) is 0.176. The van der Waals surface area contributed by atoms with Crippen LogP contribution in [0.2, 0.25) is 0 Å². The molecular formula is C17H15F2N3O3S. The Hall–Kier alpha value is -2.81. The van der Waals surface area contributed by atoms with E-state index in [1.165, 1.54) is 6.20 Å². The molecule has 2 aromatic heterocycles. The second kappa shape index (κ2) is 6.83. The van der Waals surface area contributed by atoms with Gasteiger partial charge in [0.25, 0.3) is 0 Å². The van der Waals surface area contributed by atoms with Crippen LogP contribution in [0.1, 0.15) is 23.7 Å². The van der Waals surface area contributed by atoms with Gasteiger partial charge in [-0.1, -0.05) is 6.92 Å². The highest BCUT2D eigenvalue weighted by Crippen LogP contribution is 2.23. The van der Waals surface area contributed by atoms with Gasteiger partial charge >= 0.3 is 0 Å². The number of Topliss-reactive ketones (excluding diaryl/α,β-unsaturated/α-hetero) is 1. The highest BCUT2D eigenvalue weighted by atomic mass is 32.2. The predicted octanol–water partition coefficient (Wildman–Crippen LogP) is 3.24. The van der Waals surface area contributed by atoms with Crippen LogP contribution >= 0.6 is 0 Å². The van der Waals surface area contributed by atoms with Crippen molar-refractivity contribution in [1.29, 1.82) is 0 Å². The van der Waals surface area contributed by atoms with Crippen molar-refractivity contribution in [2.75, 3.05) is 4.72 Å². The van der Waals surface area contributed by atoms with E-state index in [4.69, 9.17) is 0 Å². The van der Waals surface area contributed by atoms with Gasteiger partial charge in [0.2, 0.25) is 10.0 Å². The number of benzene rings is 1. The zero-order valence-corrected chi connectivity index (χ0v) is 14.5. The molecule has 2 N–H and O–H groups in total. The van der Waals surface area contributed by atoms with Gasteiger partial charge in [-0.05, 0) is 30.7 Å². The van der Waals surface area contributed by atoms with Crippen molar-refractivity contribution in [3.8, 4) is 0 Å². The molecule has 3 rings (SSSR count). The van der Waals surface area contributed by atoms with Crippen molar-refractivity contribution in [3.63, 3.8) is 0 Å². The molecule has 3 aromatic rings. The minimum absolute atomic E-state index is 0.0150. The molecule has 0 aliphatic rings. The largest absolute Gasteiger partial charge is 0.345 e. The number of fused-ring (bicyclic) bond motifs is 1. The van der Waals surface area contributed by atoms with E-state index in [9.17, 15) is 22.0 Å². The molecule has 0 saturated carbocycles. The smallest absolute Gasteiger partial charge is 0.243 e. The third-order valence-corrected chi connectivity index (χ3v) is 5.69. The molecule has 0 aliphatic carbocycles. The summed E-state index contributed by atoms with van der Waals surface area (Å²) in [7, 11) is -4.22. The number of nitrogens with one attached hydrogen (secondary N) is 2. The van der Waals surface area contributed by atoms with Gasteiger partial charge in [0.1, 0.15) is 22.5 Å². The number of aromatic amines is 1. The Morgan fingerprint density at radius 2 is 1.96 bits per heavy atom. The molecule has 1 atom stereocenters. The Kier molecular flexibility index (Phi) is 4.73. The molecule has 6 nitrogen and oxygen atoms in total. The number of halogens is 2. The number of aromatic nitrogens is 2. The molecule has 0 saturated heterocycles. The van der Waals surface area contributed by atoms with Crippen LogP contribution in [0.4, 0.5) is 14.5 Å². The van der Waals surface area contributed by atoms with E-state index in [2.05, 4.69) is 14.7 Å². The first-order chi connectivity index (χ1) is 12.3. The highest BCUT2D eigenvalue weighted by Gasteiger charge is 2.33. The molecule has 9 heteroatoms. The number of carbonyl (C=O) groups excluding carboxylic acids is 1. The van der Waals surface area contributed by atoms with Crippen molar-refractivity contribution < 1.29 is 22.0 Å². The Morgan fingerprint density at radius 3 is 2.62 bits per heavy atom. The summed E-state index contributed by atoms with van der Waals surface area (Å²) < 4.78 is 53.9. The third-order valence-electron chi connectivity index (χ3n) is 3.88. The molecule has 0 amide bonds. The van der Waals surface area contributed by atoms with Crippen LogP contribution in [0.3, 0.4) is 0 Å². The topological polar surface area (TPSA) is 91.9 Å². The first kappa shape index (κ1) is 18.0. The van der Waals surface area contributed by atoms with E-state index in [1.54, 1.807) is 25.3 Å². The number of ketones is 1. The number of hydrogen-bond donors (Lipinski definition) is 2. The zero-order valence-electron chi connectivity index (χ0n) is 13.7. The molecule has 1 aromatic carbocycles. The average molecular weight is 379 g/mol. The van der Waals surface area contributed by atoms with Gasteiger partial charge in [-0.2, -0.15) is 0 Å². The van der Waals surface area contributed by atoms with E-state index in [1.807, 2.05) is 0 Å². The summed E-state index contributed by atoms with van der Waals surface area (Å²) in [6.07, 6.45) is 2.93. The fourth-order valence-corrected chi connectivity index (χ4v) is 4.16. The number of pyridine rings is 1. The van der Waals surface area contributed by atoms with Gasteiger partial charge in [-0.3, -0.25) is 9.52 Å². The van der Waals surface area contributed by atoms with Gasteiger partial charge in [-0.15, -0.1) is 0 Å². The summed E-state index contributed by atoms with van der Waals surface area (Å²) in [4.78, 5) is 19.7. The highest BCUT2D eigenvalue weighted by molar-refractivity contribution is 7.94. The standard InChI is InChI=1S/C17H15F2N3O3S/c1-2-15(16(23)14-9-21-17-13(14)4-3-5-20-17)26(24,25)22-12-7-10(18)6-11(19)8-12/h3-9,15,22H,2H2,1H3,(H,20,21). The number of anilines is 1. The summed E-state index contributed by atoms with van der Waals surface area (Å²) in [5.41, 5.74) is 0.369. The molecule has 0 fully saturated rings. The van der Waals surface area contributed by atoms with E-state index >= 15 is 0 Å². The molecule has 0 radical (unpaired) electrons. The molecular weight excluding hydrogens is 364 g/mol. The maximum atomic E-state index is 13.3. The Bertz CT molecular complexity index is 1060. The van der Waals surface area contributed by atoms with Gasteiger partial charge < -0.3 is 4.98 Å². The average Bonchev–Trinajstić information content (AvgIpc) is 2.97. The van der Waals surface area contributed by atoms with Crippen LogP contribution in [0.25, 0.3) is 11.0 Å². The molecule has 2 heterocycles. The first-order valence-corrected chi connectivity index (χ1v) is 9.30. The van der Waals surface area contributed by atoms with Crippen LogP contribution in [0.15, 0.2) is 42.7 Å². The van der Waals surface area contributed by atoms with E-state index < -0.39 is 32.7 Å². The third kappa shape index (κ3) is 3.43. The normalized spacial score (nSPS) is 12.9. The molecule has 136 valence electrons. The number of rotatable bonds is 6. The maximum absolute atomic E-state index is 13.3. The SMILES string of the molecule is CCC(C(=O)c1c[nH]c2ncccc12)S(=O)(=O)Nc1cc(F)cc(F)c1. The van der Waals surface area contributed by atoms with E-state index in [-0.39, 0.29) is 17.7 Å². The van der Waals surface area contributed by atoms with Gasteiger partial charge in [0, 0.05) is 29.4 Å². The van der Waals surface area contributed by atoms with Crippen LogP contribution in [-0.4, -0.2) is 29.4 Å². The maximum Gasteiger partial charge on any atom is 0.243 e. The monoisotopic (exact) mass is 379 g/mol. The predicted molar refractivity (Wildman–Crippen MR) is 93.4 cm³/mol. The Balaban J connectivity index is 1.95. The minimum Gasteiger partial charge on any atom is -0.345 e. The zero-order chi connectivity index (χ0) is 18.9. The van der Waals surface area contributed by atoms with Crippen LogP contribution in [-0.2, 0) is 10.0 Å². The van der Waals surface area contributed by atoms with Crippen molar-refractivity contribution in [1.82, 2.24) is 9.97 Å². The van der Waals surface area contributed by atoms with Crippen LogP contribution in [0.5, 0.6) is 0 Å². The van der Waals surface area contributed by atoms with Crippen LogP contribution < -0.4 is 4.72 Å². The second-order valence-electron chi connectivity index (χ2n) is 5.67. The lowest BCUT2D eigenvalue weighted by Crippen LogP contribution is -2.34. The second-order valence-corrected chi connectivity index (χ2v) is 7.53. The number of sulfonamides is 1. The summed E-state index contributed by atoms with van der Waals surface area (Å²) in [6, 6.07) is 5.59. The minimum atomic E-state index is -4.22. The van der Waals surface area contributed by atoms with Crippen LogP contribution in [0, 0.1) is 11.6 Å². The van der Waals surface area contributed by atoms with Crippen molar-refractivity contribution in [2.24, 2.45) is 0 Å². The summed E-state index contributed by atoms with van der Waals surface area (Å²) in [5, 5.41) is -0.920. The lowest BCUT2D eigenvalue weighted by Gasteiger charge is -2.16. The molecule has 0 aliphatic heterocycles. The van der Waals surface area contributed by atoms with E-state index in [0.717, 1.165) is 12.1 Å². The lowest BCUT2D eigenvalue weighted by molar-refractivity contribution is 0.0987. The lowest BCUT2D eigenvalue weighted by atomic mass is 10.1. The van der Waals surface area contributed by atoms with Gasteiger partial charge in [0.15, 0.2) is 5.78 Å². The Labute approximate surface area is 148 Å². The number of hydrogen-bond acceptors (Lipinski definition) is 4. The van der Waals surface area contributed by atoms with Crippen molar-refractivity contribution in [3.05, 3.63) is 59.9 Å².